The number of carboxylic acid groups (broad SMARTS) is 1. The molecule has 2 aromatic rings. The van der Waals surface area contributed by atoms with Gasteiger partial charge in [-0.3, -0.25) is 4.79 Å². The van der Waals surface area contributed by atoms with Gasteiger partial charge in [0.25, 0.3) is 0 Å². The average Bonchev–Trinajstić information content (AvgIpc) is 2.70. The molecule has 160 valence electrons. The maximum Gasteiger partial charge on any atom is 0.408 e. The second-order valence-electron chi connectivity index (χ2n) is 7.16. The maximum atomic E-state index is 12.7. The Kier molecular flexibility index (Phi) is 8.86. The second-order valence-corrected chi connectivity index (χ2v) is 8.08. The van der Waals surface area contributed by atoms with Gasteiger partial charge in [-0.1, -0.05) is 72.2 Å². The van der Waals surface area contributed by atoms with Crippen molar-refractivity contribution in [2.24, 2.45) is 5.92 Å². The molecule has 8 heteroatoms. The van der Waals surface area contributed by atoms with E-state index in [1.165, 1.54) is 0 Å². The largest absolute Gasteiger partial charge is 0.480 e. The van der Waals surface area contributed by atoms with Gasteiger partial charge in [-0.25, -0.2) is 9.59 Å². The van der Waals surface area contributed by atoms with Gasteiger partial charge in [-0.2, -0.15) is 0 Å². The molecule has 0 spiro atoms. The van der Waals surface area contributed by atoms with Crippen LogP contribution in [0.25, 0.3) is 0 Å². The van der Waals surface area contributed by atoms with Gasteiger partial charge >= 0.3 is 12.1 Å². The fourth-order valence-electron chi connectivity index (χ4n) is 2.79. The summed E-state index contributed by atoms with van der Waals surface area (Å²) in [6, 6.07) is 14.3. The van der Waals surface area contributed by atoms with Gasteiger partial charge in [0, 0.05) is 10.9 Å². The van der Waals surface area contributed by atoms with Gasteiger partial charge in [-0.15, -0.1) is 0 Å². The van der Waals surface area contributed by atoms with E-state index in [1.54, 1.807) is 32.0 Å². The molecule has 0 fully saturated rings. The number of halogens is 1. The molecule has 2 aromatic carbocycles. The normalized spacial score (nSPS) is 12.7. The smallest absolute Gasteiger partial charge is 0.408 e. The number of benzene rings is 2. The Labute approximate surface area is 183 Å². The Balaban J connectivity index is 1.98. The molecule has 0 saturated heterocycles. The zero-order valence-corrected chi connectivity index (χ0v) is 18.4. The topological polar surface area (TPSA) is 105 Å². The Morgan fingerprint density at radius 1 is 1.00 bits per heavy atom. The predicted octanol–water partition coefficient (Wildman–Crippen LogP) is 3.51. The molecule has 0 aliphatic heterocycles. The number of hydrogen-bond donors (Lipinski definition) is 3. The molecule has 0 aromatic heterocycles. The number of rotatable bonds is 9. The molecule has 0 aliphatic carbocycles. The average molecular weight is 477 g/mol. The summed E-state index contributed by atoms with van der Waals surface area (Å²) >= 11 is 3.34. The molecule has 2 rings (SSSR count). The minimum atomic E-state index is -1.16. The lowest BCUT2D eigenvalue weighted by Crippen LogP contribution is -2.54. The molecule has 0 radical (unpaired) electrons. The summed E-state index contributed by atoms with van der Waals surface area (Å²) in [5.74, 6) is -2.00. The highest BCUT2D eigenvalue weighted by Gasteiger charge is 2.29. The van der Waals surface area contributed by atoms with Crippen molar-refractivity contribution in [2.75, 3.05) is 0 Å². The van der Waals surface area contributed by atoms with Gasteiger partial charge in [0.1, 0.15) is 18.7 Å². The molecule has 7 nitrogen and oxygen atoms in total. The van der Waals surface area contributed by atoms with E-state index in [-0.39, 0.29) is 18.9 Å². The first kappa shape index (κ1) is 23.4. The van der Waals surface area contributed by atoms with Crippen molar-refractivity contribution in [3.63, 3.8) is 0 Å². The highest BCUT2D eigenvalue weighted by atomic mass is 79.9. The summed E-state index contributed by atoms with van der Waals surface area (Å²) < 4.78 is 5.99. The van der Waals surface area contributed by atoms with E-state index in [0.717, 1.165) is 15.6 Å². The van der Waals surface area contributed by atoms with Gasteiger partial charge in [-0.05, 0) is 29.2 Å². The molecule has 0 saturated carbocycles. The quantitative estimate of drug-likeness (QED) is 0.513. The zero-order chi connectivity index (χ0) is 22.1. The second kappa shape index (κ2) is 11.3. The summed E-state index contributed by atoms with van der Waals surface area (Å²) in [6.45, 7) is 3.58. The number of carboxylic acids is 1. The summed E-state index contributed by atoms with van der Waals surface area (Å²) in [5.41, 5.74) is 1.58. The minimum absolute atomic E-state index is 0.0692. The number of aliphatic carboxylic acids is 1. The molecule has 30 heavy (non-hydrogen) atoms. The van der Waals surface area contributed by atoms with Crippen LogP contribution in [0.1, 0.15) is 25.0 Å². The number of carbonyl (C=O) groups is 3. The summed E-state index contributed by atoms with van der Waals surface area (Å²) in [5, 5.41) is 14.6. The van der Waals surface area contributed by atoms with Gasteiger partial charge in [0.05, 0.1) is 0 Å². The third kappa shape index (κ3) is 7.51. The van der Waals surface area contributed by atoms with Crippen LogP contribution in [0.2, 0.25) is 0 Å². The van der Waals surface area contributed by atoms with Crippen molar-refractivity contribution in [3.05, 3.63) is 70.2 Å². The van der Waals surface area contributed by atoms with E-state index in [2.05, 4.69) is 26.6 Å². The number of nitrogens with one attached hydrogen (secondary N) is 2. The molecule has 3 N–H and O–H groups in total. The Bertz CT molecular complexity index is 873. The minimum Gasteiger partial charge on any atom is -0.480 e. The maximum absolute atomic E-state index is 12.7. The number of hydrogen-bond acceptors (Lipinski definition) is 4. The third-order valence-corrected chi connectivity index (χ3v) is 4.87. The van der Waals surface area contributed by atoms with Crippen LogP contribution in [-0.2, 0) is 27.4 Å². The van der Waals surface area contributed by atoms with Gasteiger partial charge < -0.3 is 20.5 Å². The standard InChI is InChI=1S/C22H25BrN2O5/c1-14(2)19(25-22(29)30-13-15-7-4-3-5-8-15)20(26)24-18(21(27)28)12-16-9-6-10-17(23)11-16/h3-11,14,18-19H,12-13H2,1-2H3,(H,24,26)(H,25,29)(H,27,28)/t18-,19+/m0/s1. The fourth-order valence-corrected chi connectivity index (χ4v) is 3.23. The predicted molar refractivity (Wildman–Crippen MR) is 116 cm³/mol. The molecular weight excluding hydrogens is 452 g/mol. The van der Waals surface area contributed by atoms with E-state index < -0.39 is 30.1 Å². The molecular formula is C22H25BrN2O5. The summed E-state index contributed by atoms with van der Waals surface area (Å²) in [7, 11) is 0. The van der Waals surface area contributed by atoms with E-state index in [0.29, 0.717) is 0 Å². The van der Waals surface area contributed by atoms with Crippen LogP contribution in [0.15, 0.2) is 59.1 Å². The molecule has 0 heterocycles. The monoisotopic (exact) mass is 476 g/mol. The van der Waals surface area contributed by atoms with E-state index in [9.17, 15) is 19.5 Å². The van der Waals surface area contributed by atoms with Crippen LogP contribution in [0, 0.1) is 5.92 Å². The molecule has 0 aliphatic rings. The molecule has 0 bridgehead atoms. The van der Waals surface area contributed by atoms with E-state index in [4.69, 9.17) is 4.74 Å². The van der Waals surface area contributed by atoms with Crippen molar-refractivity contribution < 1.29 is 24.2 Å². The Hall–Kier alpha value is -2.87. The lowest BCUT2D eigenvalue weighted by atomic mass is 10.0. The number of ether oxygens (including phenoxy) is 1. The zero-order valence-electron chi connectivity index (χ0n) is 16.8. The van der Waals surface area contributed by atoms with Crippen LogP contribution >= 0.6 is 15.9 Å². The van der Waals surface area contributed by atoms with Crippen molar-refractivity contribution >= 4 is 33.9 Å². The van der Waals surface area contributed by atoms with E-state index in [1.807, 2.05) is 36.4 Å². The van der Waals surface area contributed by atoms with Crippen molar-refractivity contribution in [1.29, 1.82) is 0 Å². The molecule has 2 amide bonds. The lowest BCUT2D eigenvalue weighted by Gasteiger charge is -2.24. The highest BCUT2D eigenvalue weighted by Crippen LogP contribution is 2.14. The molecule has 2 atom stereocenters. The van der Waals surface area contributed by atoms with Crippen LogP contribution in [0.4, 0.5) is 4.79 Å². The van der Waals surface area contributed by atoms with Crippen LogP contribution < -0.4 is 10.6 Å². The van der Waals surface area contributed by atoms with Crippen molar-refractivity contribution in [1.82, 2.24) is 10.6 Å². The lowest BCUT2D eigenvalue weighted by molar-refractivity contribution is -0.142. The van der Waals surface area contributed by atoms with Crippen molar-refractivity contribution in [3.8, 4) is 0 Å². The SMILES string of the molecule is CC(C)[C@@H](NC(=O)OCc1ccccc1)C(=O)N[C@@H](Cc1cccc(Br)c1)C(=O)O. The van der Waals surface area contributed by atoms with Gasteiger partial charge in [0.2, 0.25) is 5.91 Å². The first-order chi connectivity index (χ1) is 14.3. The highest BCUT2D eigenvalue weighted by molar-refractivity contribution is 9.10. The van der Waals surface area contributed by atoms with Crippen LogP contribution in [0.5, 0.6) is 0 Å². The summed E-state index contributed by atoms with van der Waals surface area (Å²) in [4.78, 5) is 36.5. The summed E-state index contributed by atoms with van der Waals surface area (Å²) in [6.07, 6.45) is -0.629. The van der Waals surface area contributed by atoms with E-state index >= 15 is 0 Å². The first-order valence-corrected chi connectivity index (χ1v) is 10.3. The van der Waals surface area contributed by atoms with Crippen LogP contribution in [-0.4, -0.2) is 35.2 Å². The first-order valence-electron chi connectivity index (χ1n) is 9.51. The Morgan fingerprint density at radius 3 is 2.27 bits per heavy atom. The number of carbonyl (C=O) groups excluding carboxylic acids is 2. The number of alkyl carbamates (subject to hydrolysis) is 1. The molecule has 0 unspecified atom stereocenters. The Morgan fingerprint density at radius 2 is 1.67 bits per heavy atom. The van der Waals surface area contributed by atoms with Crippen LogP contribution in [0.3, 0.4) is 0 Å². The number of amides is 2. The fraction of sp³-hybridized carbons (Fsp3) is 0.318. The van der Waals surface area contributed by atoms with Crippen molar-refractivity contribution in [2.45, 2.75) is 39.0 Å². The van der Waals surface area contributed by atoms with Gasteiger partial charge in [0.15, 0.2) is 0 Å². The third-order valence-electron chi connectivity index (χ3n) is 4.38.